The van der Waals surface area contributed by atoms with Crippen molar-refractivity contribution in [3.8, 4) is 0 Å². The summed E-state index contributed by atoms with van der Waals surface area (Å²) in [5, 5.41) is 0.264. The predicted octanol–water partition coefficient (Wildman–Crippen LogP) is 1.95. The number of benzene rings is 1. The summed E-state index contributed by atoms with van der Waals surface area (Å²) in [5.41, 5.74) is 7.10. The molecule has 0 saturated heterocycles. The fraction of sp³-hybridized carbons (Fsp3) is 0.333. The van der Waals surface area contributed by atoms with Crippen LogP contribution in [0.2, 0.25) is 0 Å². The smallest absolute Gasteiger partial charge is 0.338 e. The number of ether oxygens (including phenoxy) is 1. The fourth-order valence-electron chi connectivity index (χ4n) is 1.41. The molecule has 0 amide bonds. The van der Waals surface area contributed by atoms with Gasteiger partial charge < -0.3 is 10.5 Å². The summed E-state index contributed by atoms with van der Waals surface area (Å²) in [6.45, 7) is 2.02. The molecular weight excluding hydrogens is 286 g/mol. The zero-order valence-corrected chi connectivity index (χ0v) is 11.1. The van der Waals surface area contributed by atoms with Crippen molar-refractivity contribution in [2.45, 2.75) is 13.3 Å². The SMILES string of the molecule is CCOC(=O)c1cc(N)ccc1CC(=O)CBr. The number of nitrogens with two attached hydrogens (primary N) is 1. The van der Waals surface area contributed by atoms with E-state index in [1.807, 2.05) is 0 Å². The van der Waals surface area contributed by atoms with E-state index in [1.165, 1.54) is 6.07 Å². The Balaban J connectivity index is 3.03. The molecule has 5 heteroatoms. The van der Waals surface area contributed by atoms with E-state index in [4.69, 9.17) is 10.5 Å². The van der Waals surface area contributed by atoms with E-state index in [0.29, 0.717) is 23.4 Å². The van der Waals surface area contributed by atoms with Gasteiger partial charge >= 0.3 is 5.97 Å². The monoisotopic (exact) mass is 299 g/mol. The maximum atomic E-state index is 11.7. The topological polar surface area (TPSA) is 69.4 Å². The molecule has 4 nitrogen and oxygen atoms in total. The molecule has 0 bridgehead atoms. The highest BCUT2D eigenvalue weighted by atomic mass is 79.9. The average Bonchev–Trinajstić information content (AvgIpc) is 2.31. The van der Waals surface area contributed by atoms with Crippen LogP contribution in [0.15, 0.2) is 18.2 Å². The van der Waals surface area contributed by atoms with Gasteiger partial charge in [-0.25, -0.2) is 4.79 Å². The molecule has 0 aliphatic carbocycles. The first-order valence-corrected chi connectivity index (χ1v) is 6.33. The third-order valence-corrected chi connectivity index (χ3v) is 2.79. The molecule has 0 unspecified atom stereocenters. The Morgan fingerprint density at radius 3 is 2.71 bits per heavy atom. The number of esters is 1. The number of rotatable bonds is 5. The van der Waals surface area contributed by atoms with Crippen LogP contribution in [0.1, 0.15) is 22.8 Å². The second-order valence-corrected chi connectivity index (χ2v) is 4.05. The number of alkyl halides is 1. The molecule has 17 heavy (non-hydrogen) atoms. The van der Waals surface area contributed by atoms with E-state index in [1.54, 1.807) is 19.1 Å². The molecule has 0 saturated carbocycles. The number of halogens is 1. The summed E-state index contributed by atoms with van der Waals surface area (Å²) in [6, 6.07) is 4.89. The number of hydrogen-bond acceptors (Lipinski definition) is 4. The predicted molar refractivity (Wildman–Crippen MR) is 69.3 cm³/mol. The zero-order valence-electron chi connectivity index (χ0n) is 9.53. The number of ketones is 1. The summed E-state index contributed by atoms with van der Waals surface area (Å²) in [5.74, 6) is -0.447. The zero-order chi connectivity index (χ0) is 12.8. The molecular formula is C12H14BrNO3. The first kappa shape index (κ1) is 13.7. The first-order chi connectivity index (χ1) is 8.08. The van der Waals surface area contributed by atoms with Crippen LogP contribution in [-0.2, 0) is 16.0 Å². The van der Waals surface area contributed by atoms with Gasteiger partial charge in [0.1, 0.15) is 5.78 Å². The number of anilines is 1. The summed E-state index contributed by atoms with van der Waals surface area (Å²) < 4.78 is 4.92. The largest absolute Gasteiger partial charge is 0.462 e. The van der Waals surface area contributed by atoms with Crippen molar-refractivity contribution in [2.24, 2.45) is 0 Å². The van der Waals surface area contributed by atoms with Crippen molar-refractivity contribution in [3.05, 3.63) is 29.3 Å². The van der Waals surface area contributed by atoms with E-state index < -0.39 is 5.97 Å². The molecule has 92 valence electrons. The Morgan fingerprint density at radius 2 is 2.12 bits per heavy atom. The second kappa shape index (κ2) is 6.39. The molecule has 1 aromatic rings. The van der Waals surface area contributed by atoms with Crippen LogP contribution >= 0.6 is 15.9 Å². The third kappa shape index (κ3) is 3.85. The molecule has 1 rings (SSSR count). The van der Waals surface area contributed by atoms with Gasteiger partial charge in [0.25, 0.3) is 0 Å². The highest BCUT2D eigenvalue weighted by Gasteiger charge is 2.14. The van der Waals surface area contributed by atoms with Gasteiger partial charge in [0, 0.05) is 12.1 Å². The maximum Gasteiger partial charge on any atom is 0.338 e. The molecule has 0 aliphatic rings. The minimum Gasteiger partial charge on any atom is -0.462 e. The second-order valence-electron chi connectivity index (χ2n) is 3.49. The quantitative estimate of drug-likeness (QED) is 0.512. The van der Waals surface area contributed by atoms with Gasteiger partial charge in [0.2, 0.25) is 0 Å². The van der Waals surface area contributed by atoms with E-state index in [0.717, 1.165) is 0 Å². The van der Waals surface area contributed by atoms with Gasteiger partial charge in [0.05, 0.1) is 17.5 Å². The summed E-state index contributed by atoms with van der Waals surface area (Å²) in [4.78, 5) is 23.1. The Morgan fingerprint density at radius 1 is 1.41 bits per heavy atom. The third-order valence-electron chi connectivity index (χ3n) is 2.17. The fourth-order valence-corrected chi connectivity index (χ4v) is 1.61. The number of carbonyl (C=O) groups excluding carboxylic acids is 2. The van der Waals surface area contributed by atoms with Crippen LogP contribution in [0.4, 0.5) is 5.69 Å². The van der Waals surface area contributed by atoms with Crippen molar-refractivity contribution in [3.63, 3.8) is 0 Å². The Labute approximate surface area is 108 Å². The van der Waals surface area contributed by atoms with Crippen LogP contribution in [0.25, 0.3) is 0 Å². The van der Waals surface area contributed by atoms with Crippen LogP contribution in [-0.4, -0.2) is 23.7 Å². The van der Waals surface area contributed by atoms with E-state index in [-0.39, 0.29) is 17.5 Å². The van der Waals surface area contributed by atoms with Crippen molar-refractivity contribution in [2.75, 3.05) is 17.7 Å². The standard InChI is InChI=1S/C12H14BrNO3/c1-2-17-12(16)11-6-9(14)4-3-8(11)5-10(15)7-13/h3-4,6H,2,5,7,14H2,1H3. The Hall–Kier alpha value is -1.36. The number of nitrogen functional groups attached to an aromatic ring is 1. The highest BCUT2D eigenvalue weighted by molar-refractivity contribution is 9.09. The molecule has 0 fully saturated rings. The van der Waals surface area contributed by atoms with Crippen LogP contribution in [0, 0.1) is 0 Å². The number of Topliss-reactive ketones (excluding diaryl/α,β-unsaturated/α-hetero) is 1. The molecule has 0 radical (unpaired) electrons. The van der Waals surface area contributed by atoms with Crippen molar-refractivity contribution in [1.29, 1.82) is 0 Å². The van der Waals surface area contributed by atoms with E-state index >= 15 is 0 Å². The van der Waals surface area contributed by atoms with Gasteiger partial charge in [-0.3, -0.25) is 4.79 Å². The Bertz CT molecular complexity index is 432. The molecule has 0 aliphatic heterocycles. The van der Waals surface area contributed by atoms with Gasteiger partial charge in [-0.05, 0) is 24.6 Å². The lowest BCUT2D eigenvalue weighted by Crippen LogP contribution is -2.12. The van der Waals surface area contributed by atoms with Gasteiger partial charge in [-0.2, -0.15) is 0 Å². The molecule has 1 aromatic carbocycles. The lowest BCUT2D eigenvalue weighted by molar-refractivity contribution is -0.115. The van der Waals surface area contributed by atoms with Crippen molar-refractivity contribution >= 4 is 33.4 Å². The molecule has 0 aromatic heterocycles. The minimum absolute atomic E-state index is 0.000296. The molecule has 0 spiro atoms. The summed E-state index contributed by atoms with van der Waals surface area (Å²) in [6.07, 6.45) is 0.194. The van der Waals surface area contributed by atoms with Crippen LogP contribution in [0.5, 0.6) is 0 Å². The van der Waals surface area contributed by atoms with Crippen molar-refractivity contribution < 1.29 is 14.3 Å². The van der Waals surface area contributed by atoms with Gasteiger partial charge in [-0.15, -0.1) is 0 Å². The molecule has 2 N–H and O–H groups in total. The molecule has 0 heterocycles. The normalized spacial score (nSPS) is 10.0. The Kier molecular flexibility index (Phi) is 5.15. The van der Waals surface area contributed by atoms with E-state index in [9.17, 15) is 9.59 Å². The average molecular weight is 300 g/mol. The number of carbonyl (C=O) groups is 2. The molecule has 0 atom stereocenters. The first-order valence-electron chi connectivity index (χ1n) is 5.21. The lowest BCUT2D eigenvalue weighted by atomic mass is 10.0. The maximum absolute atomic E-state index is 11.7. The van der Waals surface area contributed by atoms with Crippen molar-refractivity contribution in [1.82, 2.24) is 0 Å². The minimum atomic E-state index is -0.447. The summed E-state index contributed by atoms with van der Waals surface area (Å²) >= 11 is 3.09. The van der Waals surface area contributed by atoms with Crippen LogP contribution in [0.3, 0.4) is 0 Å². The lowest BCUT2D eigenvalue weighted by Gasteiger charge is -2.08. The van der Waals surface area contributed by atoms with Gasteiger partial charge in [0.15, 0.2) is 0 Å². The van der Waals surface area contributed by atoms with E-state index in [2.05, 4.69) is 15.9 Å². The highest BCUT2D eigenvalue weighted by Crippen LogP contribution is 2.16. The van der Waals surface area contributed by atoms with Crippen LogP contribution < -0.4 is 5.73 Å². The van der Waals surface area contributed by atoms with Gasteiger partial charge in [-0.1, -0.05) is 22.0 Å². The number of hydrogen-bond donors (Lipinski definition) is 1. The summed E-state index contributed by atoms with van der Waals surface area (Å²) in [7, 11) is 0.